The fourth-order valence-electron chi connectivity index (χ4n) is 3.37. The Morgan fingerprint density at radius 1 is 1.22 bits per heavy atom. The summed E-state index contributed by atoms with van der Waals surface area (Å²) in [5.74, 6) is 0.437. The monoisotopic (exact) mass is 247 g/mol. The molecule has 0 amide bonds. The minimum absolute atomic E-state index is 0.288. The maximum atomic E-state index is 10.1. The minimum Gasteiger partial charge on any atom is -0.508 e. The molecule has 3 unspecified atom stereocenters. The fourth-order valence-corrected chi connectivity index (χ4v) is 3.37. The van der Waals surface area contributed by atoms with Crippen molar-refractivity contribution in [2.45, 2.75) is 65.1 Å². The van der Waals surface area contributed by atoms with Crippen molar-refractivity contribution >= 4 is 0 Å². The number of hydrogen-bond donors (Lipinski definition) is 1. The van der Waals surface area contributed by atoms with Crippen molar-refractivity contribution in [3.63, 3.8) is 0 Å². The van der Waals surface area contributed by atoms with Crippen LogP contribution >= 0.6 is 0 Å². The van der Waals surface area contributed by atoms with E-state index in [2.05, 4.69) is 37.8 Å². The Balaban J connectivity index is 2.26. The lowest BCUT2D eigenvalue weighted by atomic mass is 9.93. The second-order valence-corrected chi connectivity index (χ2v) is 5.81. The summed E-state index contributed by atoms with van der Waals surface area (Å²) in [7, 11) is 0. The Kier molecular flexibility index (Phi) is 3.96. The molecule has 1 N–H and O–H groups in total. The Morgan fingerprint density at radius 2 is 1.83 bits per heavy atom. The molecule has 2 rings (SSSR count). The molecule has 1 aliphatic rings. The summed E-state index contributed by atoms with van der Waals surface area (Å²) < 4.78 is 0. The lowest BCUT2D eigenvalue weighted by Crippen LogP contribution is -2.45. The Hall–Kier alpha value is -1.02. The van der Waals surface area contributed by atoms with Crippen LogP contribution in [-0.2, 0) is 0 Å². The van der Waals surface area contributed by atoms with E-state index in [9.17, 15) is 5.11 Å². The molecule has 2 heteroatoms. The number of aromatic hydroxyl groups is 1. The molecule has 0 saturated carbocycles. The number of likely N-dealkylation sites (tertiary alicyclic amines) is 1. The predicted octanol–water partition coefficient (Wildman–Crippen LogP) is 4.02. The summed E-state index contributed by atoms with van der Waals surface area (Å²) in [5, 5.41) is 10.1. The number of rotatable bonds is 2. The van der Waals surface area contributed by atoms with Crippen molar-refractivity contribution in [2.24, 2.45) is 0 Å². The molecule has 1 aliphatic heterocycles. The third-order valence-electron chi connectivity index (χ3n) is 4.34. The number of phenols is 1. The topological polar surface area (TPSA) is 23.5 Å². The van der Waals surface area contributed by atoms with Gasteiger partial charge in [-0.3, -0.25) is 4.90 Å². The number of nitrogens with zero attached hydrogens (tertiary/aromatic N) is 1. The van der Waals surface area contributed by atoms with Crippen molar-refractivity contribution in [3.05, 3.63) is 29.3 Å². The highest BCUT2D eigenvalue weighted by Gasteiger charge is 2.30. The van der Waals surface area contributed by atoms with E-state index in [0.29, 0.717) is 17.8 Å². The van der Waals surface area contributed by atoms with E-state index in [-0.39, 0.29) is 6.04 Å². The van der Waals surface area contributed by atoms with Gasteiger partial charge < -0.3 is 5.11 Å². The fraction of sp³-hybridized carbons (Fsp3) is 0.625. The van der Waals surface area contributed by atoms with E-state index in [0.717, 1.165) is 11.1 Å². The lowest BCUT2D eigenvalue weighted by molar-refractivity contribution is 0.0613. The summed E-state index contributed by atoms with van der Waals surface area (Å²) in [5.41, 5.74) is 2.17. The van der Waals surface area contributed by atoms with Gasteiger partial charge in [0.25, 0.3) is 0 Å². The van der Waals surface area contributed by atoms with Gasteiger partial charge in [-0.2, -0.15) is 0 Å². The molecule has 2 nitrogen and oxygen atoms in total. The van der Waals surface area contributed by atoms with Gasteiger partial charge in [0.1, 0.15) is 5.75 Å². The highest BCUT2D eigenvalue weighted by Crippen LogP contribution is 2.35. The molecular formula is C16H25NO. The Bertz CT molecular complexity index is 406. The molecule has 1 aromatic carbocycles. The largest absolute Gasteiger partial charge is 0.508 e. The predicted molar refractivity (Wildman–Crippen MR) is 75.9 cm³/mol. The molecule has 3 atom stereocenters. The van der Waals surface area contributed by atoms with Crippen LogP contribution in [0.2, 0.25) is 0 Å². The molecule has 0 aromatic heterocycles. The molecule has 1 fully saturated rings. The molecule has 0 spiro atoms. The van der Waals surface area contributed by atoms with Gasteiger partial charge in [-0.05, 0) is 52.2 Å². The average Bonchev–Trinajstić information content (AvgIpc) is 2.28. The molecule has 18 heavy (non-hydrogen) atoms. The zero-order valence-corrected chi connectivity index (χ0v) is 12.0. The van der Waals surface area contributed by atoms with Crippen LogP contribution in [0, 0.1) is 6.92 Å². The molecule has 0 aliphatic carbocycles. The quantitative estimate of drug-likeness (QED) is 0.853. The van der Waals surface area contributed by atoms with Crippen LogP contribution in [0.4, 0.5) is 0 Å². The van der Waals surface area contributed by atoms with Gasteiger partial charge >= 0.3 is 0 Å². The van der Waals surface area contributed by atoms with Crippen molar-refractivity contribution < 1.29 is 5.11 Å². The third kappa shape index (κ3) is 2.54. The van der Waals surface area contributed by atoms with Gasteiger partial charge in [0.15, 0.2) is 0 Å². The number of hydrogen-bond acceptors (Lipinski definition) is 2. The highest BCUT2D eigenvalue weighted by molar-refractivity contribution is 5.38. The van der Waals surface area contributed by atoms with Crippen LogP contribution in [0.15, 0.2) is 18.2 Å². The summed E-state index contributed by atoms with van der Waals surface area (Å²) in [6, 6.07) is 7.52. The molecule has 0 radical (unpaired) electrons. The van der Waals surface area contributed by atoms with Gasteiger partial charge in [0, 0.05) is 23.7 Å². The number of benzene rings is 1. The van der Waals surface area contributed by atoms with Crippen LogP contribution < -0.4 is 0 Å². The number of aryl methyl sites for hydroxylation is 1. The van der Waals surface area contributed by atoms with Crippen molar-refractivity contribution in [1.82, 2.24) is 4.90 Å². The van der Waals surface area contributed by atoms with E-state index in [1.54, 1.807) is 0 Å². The van der Waals surface area contributed by atoms with E-state index in [1.807, 2.05) is 13.0 Å². The van der Waals surface area contributed by atoms with Crippen LogP contribution in [0.1, 0.15) is 57.2 Å². The summed E-state index contributed by atoms with van der Waals surface area (Å²) in [4.78, 5) is 2.55. The molecule has 0 bridgehead atoms. The second-order valence-electron chi connectivity index (χ2n) is 5.81. The molecule has 1 aromatic rings. The van der Waals surface area contributed by atoms with Gasteiger partial charge in [0.2, 0.25) is 0 Å². The van der Waals surface area contributed by atoms with E-state index >= 15 is 0 Å². The first-order chi connectivity index (χ1) is 8.50. The molecule has 1 saturated heterocycles. The highest BCUT2D eigenvalue weighted by atomic mass is 16.3. The first-order valence-electron chi connectivity index (χ1n) is 7.07. The average molecular weight is 247 g/mol. The summed E-state index contributed by atoms with van der Waals surface area (Å²) in [6.45, 7) is 8.83. The Morgan fingerprint density at radius 3 is 2.39 bits per heavy atom. The number of phenolic OH excluding ortho intramolecular Hbond substituents is 1. The van der Waals surface area contributed by atoms with Crippen molar-refractivity contribution in [3.8, 4) is 5.75 Å². The smallest absolute Gasteiger partial charge is 0.120 e. The van der Waals surface area contributed by atoms with Crippen molar-refractivity contribution in [1.29, 1.82) is 0 Å². The van der Waals surface area contributed by atoms with E-state index < -0.39 is 0 Å². The number of piperidine rings is 1. The van der Waals surface area contributed by atoms with Crippen molar-refractivity contribution in [2.75, 3.05) is 0 Å². The molecular weight excluding hydrogens is 222 g/mol. The SMILES string of the molecule is Cc1ccc(C(C)N2C(C)CCCC2C)c(O)c1. The molecule has 100 valence electrons. The van der Waals surface area contributed by atoms with Gasteiger partial charge in [-0.25, -0.2) is 0 Å². The Labute approximate surface area is 111 Å². The van der Waals surface area contributed by atoms with Crippen LogP contribution in [0.25, 0.3) is 0 Å². The third-order valence-corrected chi connectivity index (χ3v) is 4.34. The molecule has 1 heterocycles. The van der Waals surface area contributed by atoms with Gasteiger partial charge in [-0.1, -0.05) is 18.6 Å². The standard InChI is InChI=1S/C16H25NO/c1-11-8-9-15(16(18)10-11)14(4)17-12(2)6-5-7-13(17)3/h8-10,12-14,18H,5-7H2,1-4H3. The van der Waals surface area contributed by atoms with Crippen LogP contribution in [-0.4, -0.2) is 22.1 Å². The first-order valence-corrected chi connectivity index (χ1v) is 7.07. The van der Waals surface area contributed by atoms with E-state index in [1.165, 1.54) is 19.3 Å². The van der Waals surface area contributed by atoms with Crippen LogP contribution in [0.5, 0.6) is 5.75 Å². The maximum Gasteiger partial charge on any atom is 0.120 e. The van der Waals surface area contributed by atoms with Crippen LogP contribution in [0.3, 0.4) is 0 Å². The zero-order valence-electron chi connectivity index (χ0n) is 12.0. The normalized spacial score (nSPS) is 27.1. The zero-order chi connectivity index (χ0) is 13.3. The second kappa shape index (κ2) is 5.31. The summed E-state index contributed by atoms with van der Waals surface area (Å²) in [6.07, 6.45) is 3.86. The van der Waals surface area contributed by atoms with E-state index in [4.69, 9.17) is 0 Å². The first kappa shape index (κ1) is 13.4. The lowest BCUT2D eigenvalue weighted by Gasteiger charge is -2.43. The van der Waals surface area contributed by atoms with Gasteiger partial charge in [-0.15, -0.1) is 0 Å². The minimum atomic E-state index is 0.288. The summed E-state index contributed by atoms with van der Waals surface area (Å²) >= 11 is 0. The maximum absolute atomic E-state index is 10.1. The van der Waals surface area contributed by atoms with Gasteiger partial charge in [0.05, 0.1) is 0 Å².